The number of carbonyl (C=O) groups excluding carboxylic acids is 2. The van der Waals surface area contributed by atoms with Gasteiger partial charge in [0.25, 0.3) is 0 Å². The Morgan fingerprint density at radius 1 is 1.00 bits per heavy atom. The zero-order valence-electron chi connectivity index (χ0n) is 18.9. The molecule has 0 radical (unpaired) electrons. The van der Waals surface area contributed by atoms with Crippen molar-refractivity contribution < 1.29 is 9.59 Å². The van der Waals surface area contributed by atoms with Crippen LogP contribution in [-0.4, -0.2) is 29.0 Å². The van der Waals surface area contributed by atoms with Crippen molar-refractivity contribution in [2.45, 2.75) is 34.2 Å². The zero-order valence-corrected chi connectivity index (χ0v) is 19.7. The summed E-state index contributed by atoms with van der Waals surface area (Å²) in [4.78, 5) is 30.8. The molecule has 4 nitrogen and oxygen atoms in total. The van der Waals surface area contributed by atoms with Gasteiger partial charge in [0.2, 0.25) is 0 Å². The lowest BCUT2D eigenvalue weighted by Gasteiger charge is -2.08. The van der Waals surface area contributed by atoms with Gasteiger partial charge in [-0.25, -0.2) is 4.98 Å². The van der Waals surface area contributed by atoms with Gasteiger partial charge in [0, 0.05) is 28.9 Å². The molecule has 2 aromatic heterocycles. The first kappa shape index (κ1) is 20.6. The number of fused-ring (bicyclic) bond motifs is 2. The van der Waals surface area contributed by atoms with E-state index in [9.17, 15) is 9.59 Å². The molecular weight excluding hydrogens is 415 g/mol. The molecule has 158 valence electrons. The summed E-state index contributed by atoms with van der Waals surface area (Å²) in [5.41, 5.74) is 8.82. The number of Topliss-reactive ketones (excluding diaryl/α,β-unsaturated/α-hetero) is 2. The normalized spacial score (nSPS) is 14.7. The molecule has 0 unspecified atom stereocenters. The van der Waals surface area contributed by atoms with Gasteiger partial charge in [-0.3, -0.25) is 9.59 Å². The van der Waals surface area contributed by atoms with Crippen molar-refractivity contribution in [3.8, 4) is 10.6 Å². The van der Waals surface area contributed by atoms with Crippen LogP contribution in [0.15, 0.2) is 42.0 Å². The van der Waals surface area contributed by atoms with Gasteiger partial charge < -0.3 is 4.57 Å². The maximum atomic E-state index is 12.9. The van der Waals surface area contributed by atoms with Crippen LogP contribution in [0.1, 0.15) is 50.0 Å². The maximum Gasteiger partial charge on any atom is 0.197 e. The van der Waals surface area contributed by atoms with E-state index in [-0.39, 0.29) is 17.1 Å². The van der Waals surface area contributed by atoms with Crippen molar-refractivity contribution in [1.82, 2.24) is 9.55 Å². The third-order valence-electron chi connectivity index (χ3n) is 6.13. The molecule has 6 heteroatoms. The van der Waals surface area contributed by atoms with Crippen molar-refractivity contribution in [2.24, 2.45) is 0 Å². The standard InChI is InChI=1S/C26H23BN2O2S/c1-5-29-17(11-20-23(30)18-7-6-16(27)10-19(18)24(20)31)12-21-25(29)28-26(32-21)22-14(3)8-13(2)9-15(22)4/h6-12H,5,27H2,1-4H3/b20-11-. The number of benzene rings is 2. The van der Waals surface area contributed by atoms with Crippen LogP contribution in [-0.2, 0) is 6.54 Å². The van der Waals surface area contributed by atoms with Crippen molar-refractivity contribution in [3.05, 3.63) is 75.5 Å². The third kappa shape index (κ3) is 3.09. The molecule has 1 aliphatic rings. The summed E-state index contributed by atoms with van der Waals surface area (Å²) >= 11 is 1.65. The smallest absolute Gasteiger partial charge is 0.197 e. The van der Waals surface area contributed by atoms with E-state index in [0.29, 0.717) is 17.7 Å². The van der Waals surface area contributed by atoms with Crippen molar-refractivity contribution >= 4 is 52.6 Å². The maximum absolute atomic E-state index is 12.9. The van der Waals surface area contributed by atoms with Crippen molar-refractivity contribution in [1.29, 1.82) is 0 Å². The molecule has 0 saturated carbocycles. The average molecular weight is 438 g/mol. The molecule has 0 bridgehead atoms. The average Bonchev–Trinajstić information content (AvgIpc) is 3.33. The lowest BCUT2D eigenvalue weighted by molar-refractivity contribution is 0.0990. The molecule has 0 atom stereocenters. The molecule has 2 heterocycles. The SMILES string of the molecule is Bc1ccc2c(c1)C(=O)/C(=C\c1cc3sc(-c4c(C)cc(C)cc4C)nc3n1CC)C2=O. The number of aryl methyl sites for hydroxylation is 4. The molecule has 0 N–H and O–H groups in total. The van der Waals surface area contributed by atoms with Crippen molar-refractivity contribution in [2.75, 3.05) is 0 Å². The van der Waals surface area contributed by atoms with Gasteiger partial charge in [0.05, 0.1) is 10.3 Å². The Labute approximate surface area is 192 Å². The highest BCUT2D eigenvalue weighted by molar-refractivity contribution is 7.21. The molecule has 0 spiro atoms. The lowest BCUT2D eigenvalue weighted by Crippen LogP contribution is -2.05. The molecule has 5 rings (SSSR count). The van der Waals surface area contributed by atoms with Crippen LogP contribution in [0.5, 0.6) is 0 Å². The fraction of sp³-hybridized carbons (Fsp3) is 0.192. The molecule has 0 saturated heterocycles. The highest BCUT2D eigenvalue weighted by Gasteiger charge is 2.33. The number of ketones is 2. The van der Waals surface area contributed by atoms with E-state index in [4.69, 9.17) is 4.98 Å². The Hall–Kier alpha value is -3.25. The second kappa shape index (κ2) is 7.42. The second-order valence-electron chi connectivity index (χ2n) is 8.56. The number of thiazole rings is 1. The first-order valence-corrected chi connectivity index (χ1v) is 11.6. The first-order valence-electron chi connectivity index (χ1n) is 10.8. The highest BCUT2D eigenvalue weighted by atomic mass is 32.1. The Kier molecular flexibility index (Phi) is 4.79. The number of carbonyl (C=O) groups is 2. The first-order chi connectivity index (χ1) is 15.3. The predicted molar refractivity (Wildman–Crippen MR) is 134 cm³/mol. The van der Waals surface area contributed by atoms with E-state index in [2.05, 4.69) is 44.4 Å². The fourth-order valence-electron chi connectivity index (χ4n) is 4.74. The molecule has 0 amide bonds. The third-order valence-corrected chi connectivity index (χ3v) is 7.14. The van der Waals surface area contributed by atoms with Gasteiger partial charge in [-0.2, -0.15) is 0 Å². The van der Waals surface area contributed by atoms with E-state index in [0.717, 1.165) is 26.5 Å². The minimum Gasteiger partial charge on any atom is -0.325 e. The van der Waals surface area contributed by atoms with Crippen LogP contribution in [0.3, 0.4) is 0 Å². The highest BCUT2D eigenvalue weighted by Crippen LogP contribution is 2.37. The van der Waals surface area contributed by atoms with E-state index < -0.39 is 0 Å². The van der Waals surface area contributed by atoms with Gasteiger partial charge in [-0.15, -0.1) is 11.3 Å². The minimum absolute atomic E-state index is 0.194. The van der Waals surface area contributed by atoms with Crippen LogP contribution >= 0.6 is 11.3 Å². The molecule has 4 aromatic rings. The van der Waals surface area contributed by atoms with Crippen LogP contribution in [0.25, 0.3) is 27.0 Å². The van der Waals surface area contributed by atoms with Gasteiger partial charge in [-0.1, -0.05) is 41.4 Å². The van der Waals surface area contributed by atoms with E-state index in [1.165, 1.54) is 22.3 Å². The number of nitrogens with zero attached hydrogens (tertiary/aromatic N) is 2. The van der Waals surface area contributed by atoms with Gasteiger partial charge >= 0.3 is 0 Å². The molecule has 32 heavy (non-hydrogen) atoms. The number of hydrogen-bond donors (Lipinski definition) is 0. The molecular formula is C26H23BN2O2S. The summed E-state index contributed by atoms with van der Waals surface area (Å²) in [5, 5.41) is 1.00. The Bertz CT molecular complexity index is 1470. The van der Waals surface area contributed by atoms with Crippen molar-refractivity contribution in [3.63, 3.8) is 0 Å². The number of hydrogen-bond acceptors (Lipinski definition) is 4. The minimum atomic E-state index is -0.197. The summed E-state index contributed by atoms with van der Waals surface area (Å²) in [6.07, 6.45) is 1.74. The van der Waals surface area contributed by atoms with E-state index >= 15 is 0 Å². The number of aromatic nitrogens is 2. The summed E-state index contributed by atoms with van der Waals surface area (Å²) < 4.78 is 3.13. The Morgan fingerprint density at radius 2 is 1.69 bits per heavy atom. The molecule has 0 aliphatic heterocycles. The summed E-state index contributed by atoms with van der Waals surface area (Å²) in [5.74, 6) is -0.391. The monoisotopic (exact) mass is 438 g/mol. The molecule has 1 aliphatic carbocycles. The van der Waals surface area contributed by atoms with E-state index in [1.807, 2.05) is 20.0 Å². The molecule has 0 fully saturated rings. The van der Waals surface area contributed by atoms with Crippen LogP contribution in [0.2, 0.25) is 0 Å². The topological polar surface area (TPSA) is 52.0 Å². The van der Waals surface area contributed by atoms with E-state index in [1.54, 1.807) is 29.5 Å². The number of rotatable bonds is 3. The van der Waals surface area contributed by atoms with Gasteiger partial charge in [0.15, 0.2) is 17.2 Å². The lowest BCUT2D eigenvalue weighted by atomic mass is 9.93. The van der Waals surface area contributed by atoms with Crippen LogP contribution < -0.4 is 5.46 Å². The fourth-order valence-corrected chi connectivity index (χ4v) is 5.93. The Balaban J connectivity index is 1.61. The summed E-state index contributed by atoms with van der Waals surface area (Å²) in [6, 6.07) is 11.8. The predicted octanol–water partition coefficient (Wildman–Crippen LogP) is 4.43. The summed E-state index contributed by atoms with van der Waals surface area (Å²) in [7, 11) is 1.93. The molecule has 2 aromatic carbocycles. The quantitative estimate of drug-likeness (QED) is 0.270. The van der Waals surface area contributed by atoms with Gasteiger partial charge in [-0.05, 0) is 51.0 Å². The Morgan fingerprint density at radius 3 is 2.38 bits per heavy atom. The van der Waals surface area contributed by atoms with Crippen LogP contribution in [0, 0.1) is 20.8 Å². The van der Waals surface area contributed by atoms with Crippen LogP contribution in [0.4, 0.5) is 0 Å². The zero-order chi connectivity index (χ0) is 22.7. The largest absolute Gasteiger partial charge is 0.325 e. The number of allylic oxidation sites excluding steroid dienone is 1. The second-order valence-corrected chi connectivity index (χ2v) is 9.59. The van der Waals surface area contributed by atoms with Gasteiger partial charge in [0.1, 0.15) is 12.9 Å². The summed E-state index contributed by atoms with van der Waals surface area (Å²) in [6.45, 7) is 9.12.